The van der Waals surface area contributed by atoms with Crippen LogP contribution in [0.25, 0.3) is 0 Å². The van der Waals surface area contributed by atoms with Crippen molar-refractivity contribution < 1.29 is 19.4 Å². The molecule has 2 N–H and O–H groups in total. The zero-order valence-electron chi connectivity index (χ0n) is 12.4. The molecule has 0 aromatic carbocycles. The third-order valence-electron chi connectivity index (χ3n) is 5.21. The van der Waals surface area contributed by atoms with Crippen LogP contribution in [-0.4, -0.2) is 77.9 Å². The summed E-state index contributed by atoms with van der Waals surface area (Å²) < 4.78 is 5.18. The van der Waals surface area contributed by atoms with Crippen LogP contribution in [0.5, 0.6) is 0 Å². The second-order valence-corrected chi connectivity index (χ2v) is 6.41. The van der Waals surface area contributed by atoms with E-state index in [4.69, 9.17) is 4.74 Å². The Balaban J connectivity index is 1.66. The molecule has 0 aromatic heterocycles. The molecule has 0 spiro atoms. The van der Waals surface area contributed by atoms with Crippen LogP contribution in [-0.2, 0) is 9.53 Å². The fraction of sp³-hybridized carbons (Fsp3) is 0.857. The van der Waals surface area contributed by atoms with Gasteiger partial charge in [0.25, 0.3) is 0 Å². The van der Waals surface area contributed by atoms with E-state index in [9.17, 15) is 14.7 Å². The van der Waals surface area contributed by atoms with E-state index in [-0.39, 0.29) is 12.6 Å². The summed E-state index contributed by atoms with van der Waals surface area (Å²) >= 11 is 0. The fourth-order valence-electron chi connectivity index (χ4n) is 3.66. The highest BCUT2D eigenvalue weighted by Crippen LogP contribution is 2.29. The van der Waals surface area contributed by atoms with E-state index in [0.717, 1.165) is 12.8 Å². The average Bonchev–Trinajstić information content (AvgIpc) is 2.96. The van der Waals surface area contributed by atoms with Crippen LogP contribution in [0.15, 0.2) is 0 Å². The molecule has 0 radical (unpaired) electrons. The number of nitrogens with one attached hydrogen (secondary N) is 1. The van der Waals surface area contributed by atoms with Gasteiger partial charge in [0.1, 0.15) is 0 Å². The van der Waals surface area contributed by atoms with E-state index >= 15 is 0 Å². The number of carboxylic acids is 1. The Morgan fingerprint density at radius 3 is 2.71 bits per heavy atom. The number of hydrogen-bond donors (Lipinski definition) is 2. The van der Waals surface area contributed by atoms with E-state index in [0.29, 0.717) is 38.2 Å². The van der Waals surface area contributed by atoms with Crippen molar-refractivity contribution in [2.45, 2.75) is 43.3 Å². The number of carboxylic acid groups (broad SMARTS) is 1. The van der Waals surface area contributed by atoms with Gasteiger partial charge in [-0.2, -0.15) is 0 Å². The van der Waals surface area contributed by atoms with E-state index in [1.165, 1.54) is 6.42 Å². The Morgan fingerprint density at radius 2 is 2.05 bits per heavy atom. The summed E-state index contributed by atoms with van der Waals surface area (Å²) in [6.45, 7) is 1.79. The zero-order valence-corrected chi connectivity index (χ0v) is 12.4. The minimum Gasteiger partial charge on any atom is -0.479 e. The number of nitrogens with zero attached hydrogens (tertiary/aromatic N) is 2. The van der Waals surface area contributed by atoms with Gasteiger partial charge in [-0.3, -0.25) is 4.90 Å². The van der Waals surface area contributed by atoms with Crippen molar-refractivity contribution in [2.24, 2.45) is 0 Å². The molecule has 0 aromatic rings. The first-order chi connectivity index (χ1) is 10.0. The predicted octanol–water partition coefficient (Wildman–Crippen LogP) is 0.108. The molecule has 3 fully saturated rings. The number of amides is 2. The molecule has 2 bridgehead atoms. The molecular formula is C14H23N3O4. The van der Waals surface area contributed by atoms with Crippen LogP contribution in [0.2, 0.25) is 0 Å². The van der Waals surface area contributed by atoms with Gasteiger partial charge in [0, 0.05) is 38.2 Å². The molecule has 2 amide bonds. The minimum atomic E-state index is -1.26. The lowest BCUT2D eigenvalue weighted by Gasteiger charge is -2.30. The molecule has 0 aliphatic carbocycles. The smallest absolute Gasteiger partial charge is 0.332 e. The second-order valence-electron chi connectivity index (χ2n) is 6.41. The van der Waals surface area contributed by atoms with Crippen LogP contribution >= 0.6 is 0 Å². The van der Waals surface area contributed by atoms with Crippen LogP contribution in [0.1, 0.15) is 25.7 Å². The van der Waals surface area contributed by atoms with Crippen molar-refractivity contribution in [2.75, 3.05) is 33.4 Å². The highest BCUT2D eigenvalue weighted by molar-refractivity contribution is 5.86. The van der Waals surface area contributed by atoms with E-state index in [1.807, 2.05) is 0 Å². The number of rotatable bonds is 2. The lowest BCUT2D eigenvalue weighted by atomic mass is 9.99. The fourth-order valence-corrected chi connectivity index (χ4v) is 3.66. The molecule has 7 heteroatoms. The maximum atomic E-state index is 12.5. The van der Waals surface area contributed by atoms with Gasteiger partial charge >= 0.3 is 12.0 Å². The lowest BCUT2D eigenvalue weighted by molar-refractivity contribution is -0.144. The van der Waals surface area contributed by atoms with Gasteiger partial charge in [-0.05, 0) is 26.3 Å². The number of carbonyl (C=O) groups is 2. The molecule has 21 heavy (non-hydrogen) atoms. The summed E-state index contributed by atoms with van der Waals surface area (Å²) in [6, 6.07) is 0.670. The Bertz CT molecular complexity index is 436. The highest BCUT2D eigenvalue weighted by Gasteiger charge is 2.45. The first-order valence-corrected chi connectivity index (χ1v) is 7.62. The van der Waals surface area contributed by atoms with Crippen molar-refractivity contribution in [3.8, 4) is 0 Å². The van der Waals surface area contributed by atoms with Gasteiger partial charge in [0.2, 0.25) is 0 Å². The lowest BCUT2D eigenvalue weighted by Crippen LogP contribution is -2.59. The molecule has 3 aliphatic rings. The second kappa shape index (κ2) is 5.46. The summed E-state index contributed by atoms with van der Waals surface area (Å²) in [5, 5.41) is 12.1. The average molecular weight is 297 g/mol. The number of hydrogen-bond acceptors (Lipinski definition) is 4. The number of aliphatic carboxylic acids is 1. The molecule has 0 saturated carbocycles. The third kappa shape index (κ3) is 2.60. The number of urea groups is 1. The van der Waals surface area contributed by atoms with E-state index in [1.54, 1.807) is 4.90 Å². The molecule has 7 nitrogen and oxygen atoms in total. The Morgan fingerprint density at radius 1 is 1.29 bits per heavy atom. The monoisotopic (exact) mass is 297 g/mol. The Kier molecular flexibility index (Phi) is 3.79. The van der Waals surface area contributed by atoms with Gasteiger partial charge in [-0.25, -0.2) is 9.59 Å². The van der Waals surface area contributed by atoms with Gasteiger partial charge < -0.3 is 20.1 Å². The van der Waals surface area contributed by atoms with Crippen LogP contribution < -0.4 is 5.32 Å². The summed E-state index contributed by atoms with van der Waals surface area (Å²) in [5.74, 6) is -1.01. The molecule has 3 rings (SSSR count). The highest BCUT2D eigenvalue weighted by atomic mass is 16.5. The molecule has 3 unspecified atom stereocenters. The van der Waals surface area contributed by atoms with Crippen LogP contribution in [0, 0.1) is 0 Å². The maximum Gasteiger partial charge on any atom is 0.332 e. The molecule has 3 heterocycles. The largest absolute Gasteiger partial charge is 0.479 e. The number of likely N-dealkylation sites (tertiary alicyclic amines) is 1. The summed E-state index contributed by atoms with van der Waals surface area (Å²) in [5.41, 5.74) is -1.26. The number of ether oxygens (including phenoxy) is 1. The SMILES string of the molecule is CN1C2CCC1CN(C(=O)NC1(C(=O)O)CCOC1)CC2. The Hall–Kier alpha value is -1.34. The van der Waals surface area contributed by atoms with Crippen molar-refractivity contribution in [1.29, 1.82) is 0 Å². The first-order valence-electron chi connectivity index (χ1n) is 7.62. The van der Waals surface area contributed by atoms with Crippen molar-refractivity contribution in [3.63, 3.8) is 0 Å². The van der Waals surface area contributed by atoms with E-state index < -0.39 is 11.5 Å². The summed E-state index contributed by atoms with van der Waals surface area (Å²) in [4.78, 5) is 28.1. The van der Waals surface area contributed by atoms with Crippen molar-refractivity contribution in [3.05, 3.63) is 0 Å². The summed E-state index contributed by atoms with van der Waals surface area (Å²) in [6.07, 6.45) is 3.59. The number of fused-ring (bicyclic) bond motifs is 2. The van der Waals surface area contributed by atoms with Crippen molar-refractivity contribution in [1.82, 2.24) is 15.1 Å². The Labute approximate surface area is 124 Å². The number of likely N-dealkylation sites (N-methyl/N-ethyl adjacent to an activating group) is 1. The minimum absolute atomic E-state index is 0.0495. The first kappa shape index (κ1) is 14.6. The topological polar surface area (TPSA) is 82.1 Å². The number of carbonyl (C=O) groups excluding carboxylic acids is 1. The quantitative estimate of drug-likeness (QED) is 0.756. The molecule has 3 aliphatic heterocycles. The van der Waals surface area contributed by atoms with Gasteiger partial charge in [0.05, 0.1) is 6.61 Å². The third-order valence-corrected chi connectivity index (χ3v) is 5.21. The van der Waals surface area contributed by atoms with Gasteiger partial charge in [-0.1, -0.05) is 0 Å². The van der Waals surface area contributed by atoms with Crippen molar-refractivity contribution >= 4 is 12.0 Å². The molecule has 3 atom stereocenters. The maximum absolute atomic E-state index is 12.5. The summed E-state index contributed by atoms with van der Waals surface area (Å²) in [7, 11) is 2.12. The van der Waals surface area contributed by atoms with Gasteiger partial charge in [-0.15, -0.1) is 0 Å². The van der Waals surface area contributed by atoms with Crippen LogP contribution in [0.4, 0.5) is 4.79 Å². The normalized spacial score (nSPS) is 36.5. The zero-order chi connectivity index (χ0) is 15.0. The molecule has 3 saturated heterocycles. The standard InChI is InChI=1S/C14H23N3O4/c1-16-10-2-3-11(16)8-17(6-4-10)13(20)15-14(12(18)19)5-7-21-9-14/h10-11H,2-9H2,1H3,(H,15,20)(H,18,19). The van der Waals surface area contributed by atoms with Crippen LogP contribution in [0.3, 0.4) is 0 Å². The van der Waals surface area contributed by atoms with Gasteiger partial charge in [0.15, 0.2) is 5.54 Å². The predicted molar refractivity (Wildman–Crippen MR) is 75.1 cm³/mol. The molecule has 118 valence electrons. The molecular weight excluding hydrogens is 274 g/mol. The van der Waals surface area contributed by atoms with E-state index in [2.05, 4.69) is 17.3 Å².